The highest BCUT2D eigenvalue weighted by Crippen LogP contribution is 2.40. The van der Waals surface area contributed by atoms with E-state index in [1.54, 1.807) is 37.3 Å². The van der Waals surface area contributed by atoms with Gasteiger partial charge in [-0.3, -0.25) is 4.79 Å². The Morgan fingerprint density at radius 3 is 1.85 bits per heavy atom. The van der Waals surface area contributed by atoms with E-state index in [-0.39, 0.29) is 34.0 Å². The van der Waals surface area contributed by atoms with Crippen LogP contribution in [0.25, 0.3) is 0 Å². The van der Waals surface area contributed by atoms with Crippen LogP contribution >= 0.6 is 23.1 Å². The van der Waals surface area contributed by atoms with Crippen LogP contribution in [0, 0.1) is 6.92 Å². The lowest BCUT2D eigenvalue weighted by Crippen LogP contribution is -2.43. The maximum absolute atomic E-state index is 13.2. The van der Waals surface area contributed by atoms with Crippen LogP contribution in [-0.2, 0) is 11.8 Å². The molecule has 0 aliphatic heterocycles. The molecule has 4 aromatic rings. The van der Waals surface area contributed by atoms with Gasteiger partial charge < -0.3 is 14.8 Å². The van der Waals surface area contributed by atoms with E-state index in [0.717, 1.165) is 35.8 Å². The van der Waals surface area contributed by atoms with E-state index in [0.29, 0.717) is 11.3 Å². The van der Waals surface area contributed by atoms with Crippen LogP contribution in [0.5, 0.6) is 11.5 Å². The number of carbonyl (C=O) groups excluding carboxylic acids is 1. The van der Waals surface area contributed by atoms with Crippen molar-refractivity contribution in [2.24, 2.45) is 0 Å². The molecule has 1 heterocycles. The standard InChI is InChI=1S/C28H21ClF6N2O3S/c1-17-23(29)24(41-37-17)25(38)36-16-26(15-18-7-3-2-4-8-18,19-9-5-11-21(13-19)39-27(30,31)32)20-10-6-12-22(14-20)40-28(33,34)35/h2-14H,15-16H2,1H3,(H,36,38). The molecular formula is C28H21ClF6N2O3S. The van der Waals surface area contributed by atoms with E-state index < -0.39 is 35.5 Å². The minimum absolute atomic E-state index is 0.0640. The number of nitrogens with one attached hydrogen (secondary N) is 1. The van der Waals surface area contributed by atoms with E-state index in [2.05, 4.69) is 19.2 Å². The molecule has 0 aliphatic rings. The molecular weight excluding hydrogens is 594 g/mol. The average Bonchev–Trinajstić information content (AvgIpc) is 3.23. The highest BCUT2D eigenvalue weighted by atomic mass is 35.5. The molecule has 0 aliphatic carbocycles. The van der Waals surface area contributed by atoms with Crippen molar-refractivity contribution in [3.8, 4) is 11.5 Å². The van der Waals surface area contributed by atoms with Crippen LogP contribution in [0.2, 0.25) is 5.02 Å². The highest BCUT2D eigenvalue weighted by molar-refractivity contribution is 7.08. The van der Waals surface area contributed by atoms with Gasteiger partial charge in [0.25, 0.3) is 5.91 Å². The summed E-state index contributed by atoms with van der Waals surface area (Å²) in [6.45, 7) is 1.37. The lowest BCUT2D eigenvalue weighted by atomic mass is 9.70. The van der Waals surface area contributed by atoms with Crippen molar-refractivity contribution in [2.75, 3.05) is 6.54 Å². The minimum atomic E-state index is -4.99. The number of hydrogen-bond acceptors (Lipinski definition) is 5. The number of hydrogen-bond donors (Lipinski definition) is 1. The zero-order chi connectivity index (χ0) is 29.8. The van der Waals surface area contributed by atoms with E-state index in [1.165, 1.54) is 24.3 Å². The third-order valence-electron chi connectivity index (χ3n) is 6.14. The van der Waals surface area contributed by atoms with Gasteiger partial charge in [-0.05, 0) is 65.8 Å². The second-order valence-corrected chi connectivity index (χ2v) is 10.1. The van der Waals surface area contributed by atoms with Crippen molar-refractivity contribution in [1.82, 2.24) is 9.69 Å². The molecule has 0 fully saturated rings. The van der Waals surface area contributed by atoms with Gasteiger partial charge in [0.1, 0.15) is 16.4 Å². The molecule has 0 saturated heterocycles. The van der Waals surface area contributed by atoms with Crippen LogP contribution in [0.4, 0.5) is 26.3 Å². The molecule has 0 spiro atoms. The summed E-state index contributed by atoms with van der Waals surface area (Å²) in [5.41, 5.74) is 0.196. The Bertz CT molecular complexity index is 1450. The van der Waals surface area contributed by atoms with Gasteiger partial charge in [-0.25, -0.2) is 0 Å². The predicted molar refractivity (Wildman–Crippen MR) is 141 cm³/mol. The number of alkyl halides is 6. The summed E-state index contributed by atoms with van der Waals surface area (Å²) in [6, 6.07) is 18.9. The molecule has 0 atom stereocenters. The average molecular weight is 615 g/mol. The predicted octanol–water partition coefficient (Wildman–Crippen LogP) is 7.86. The third-order valence-corrected chi connectivity index (χ3v) is 7.65. The first-order chi connectivity index (χ1) is 19.3. The Morgan fingerprint density at radius 2 is 1.39 bits per heavy atom. The molecule has 1 aromatic heterocycles. The number of halogens is 7. The summed E-state index contributed by atoms with van der Waals surface area (Å²) in [4.78, 5) is 13.3. The summed E-state index contributed by atoms with van der Waals surface area (Å²) in [5, 5.41) is 2.91. The fraction of sp³-hybridized carbons (Fsp3) is 0.214. The first-order valence-corrected chi connectivity index (χ1v) is 13.1. The molecule has 41 heavy (non-hydrogen) atoms. The smallest absolute Gasteiger partial charge is 0.406 e. The van der Waals surface area contributed by atoms with Gasteiger partial charge in [-0.1, -0.05) is 66.2 Å². The molecule has 0 unspecified atom stereocenters. The second kappa shape index (κ2) is 12.0. The molecule has 1 N–H and O–H groups in total. The van der Waals surface area contributed by atoms with Gasteiger partial charge in [-0.2, -0.15) is 4.37 Å². The summed E-state index contributed by atoms with van der Waals surface area (Å²) in [6.07, 6.45) is -9.92. The molecule has 0 radical (unpaired) electrons. The van der Waals surface area contributed by atoms with Crippen LogP contribution in [0.1, 0.15) is 32.1 Å². The minimum Gasteiger partial charge on any atom is -0.406 e. The molecule has 0 bridgehead atoms. The first-order valence-electron chi connectivity index (χ1n) is 11.9. The van der Waals surface area contributed by atoms with Crippen molar-refractivity contribution in [3.05, 3.63) is 111 Å². The molecule has 216 valence electrons. The van der Waals surface area contributed by atoms with Crippen LogP contribution < -0.4 is 14.8 Å². The highest BCUT2D eigenvalue weighted by Gasteiger charge is 2.39. The first kappa shape index (κ1) is 30.2. The van der Waals surface area contributed by atoms with Crippen LogP contribution in [-0.4, -0.2) is 29.6 Å². The third kappa shape index (κ3) is 7.70. The number of nitrogens with zero attached hydrogens (tertiary/aromatic N) is 1. The maximum atomic E-state index is 13.2. The van der Waals surface area contributed by atoms with E-state index >= 15 is 0 Å². The van der Waals surface area contributed by atoms with Gasteiger partial charge in [0.15, 0.2) is 0 Å². The number of ether oxygens (including phenoxy) is 2. The Morgan fingerprint density at radius 1 is 0.854 bits per heavy atom. The Kier molecular flexibility index (Phi) is 8.83. The van der Waals surface area contributed by atoms with Crippen molar-refractivity contribution < 1.29 is 40.6 Å². The van der Waals surface area contributed by atoms with Crippen LogP contribution in [0.15, 0.2) is 78.9 Å². The summed E-state index contributed by atoms with van der Waals surface area (Å²) < 4.78 is 91.0. The quantitative estimate of drug-likeness (QED) is 0.195. The van der Waals surface area contributed by atoms with Crippen molar-refractivity contribution in [2.45, 2.75) is 31.5 Å². The summed E-state index contributed by atoms with van der Waals surface area (Å²) >= 11 is 7.09. The fourth-order valence-electron chi connectivity index (χ4n) is 4.37. The van der Waals surface area contributed by atoms with Crippen molar-refractivity contribution >= 4 is 29.0 Å². The zero-order valence-electron chi connectivity index (χ0n) is 21.1. The molecule has 5 nitrogen and oxygen atoms in total. The SMILES string of the molecule is Cc1nsc(C(=O)NCC(Cc2ccccc2)(c2cccc(OC(F)(F)F)c2)c2cccc(OC(F)(F)F)c2)c1Cl. The van der Waals surface area contributed by atoms with Crippen LogP contribution in [0.3, 0.4) is 0 Å². The van der Waals surface area contributed by atoms with Gasteiger partial charge >= 0.3 is 12.7 Å². The fourth-order valence-corrected chi connectivity index (χ4v) is 5.36. The normalized spacial score (nSPS) is 12.2. The van der Waals surface area contributed by atoms with Gasteiger partial charge in [0.05, 0.1) is 10.7 Å². The molecule has 0 saturated carbocycles. The number of carbonyl (C=O) groups is 1. The Hall–Kier alpha value is -3.77. The van der Waals surface area contributed by atoms with E-state index in [1.807, 2.05) is 0 Å². The molecule has 3 aromatic carbocycles. The lowest BCUT2D eigenvalue weighted by Gasteiger charge is -2.36. The Labute approximate surface area is 239 Å². The second-order valence-electron chi connectivity index (χ2n) is 8.99. The summed E-state index contributed by atoms with van der Waals surface area (Å²) in [7, 11) is 0. The van der Waals surface area contributed by atoms with E-state index in [9.17, 15) is 31.1 Å². The van der Waals surface area contributed by atoms with Gasteiger partial charge in [0.2, 0.25) is 0 Å². The topological polar surface area (TPSA) is 60.5 Å². The molecule has 13 heteroatoms. The maximum Gasteiger partial charge on any atom is 0.573 e. The number of rotatable bonds is 9. The zero-order valence-corrected chi connectivity index (χ0v) is 22.7. The number of aryl methyl sites for hydroxylation is 1. The van der Waals surface area contributed by atoms with Gasteiger partial charge in [0, 0.05) is 12.0 Å². The largest absolute Gasteiger partial charge is 0.573 e. The lowest BCUT2D eigenvalue weighted by molar-refractivity contribution is -0.275. The van der Waals surface area contributed by atoms with Crippen molar-refractivity contribution in [3.63, 3.8) is 0 Å². The Balaban J connectivity index is 1.89. The number of aromatic nitrogens is 1. The number of benzene rings is 3. The van der Waals surface area contributed by atoms with E-state index in [4.69, 9.17) is 11.6 Å². The monoisotopic (exact) mass is 614 g/mol. The van der Waals surface area contributed by atoms with Crippen molar-refractivity contribution in [1.29, 1.82) is 0 Å². The van der Waals surface area contributed by atoms with Gasteiger partial charge in [-0.15, -0.1) is 26.3 Å². The molecule has 4 rings (SSSR count). The number of amides is 1. The molecule has 1 amide bonds. The summed E-state index contributed by atoms with van der Waals surface area (Å²) in [5.74, 6) is -1.69.